The first kappa shape index (κ1) is 30.9. The van der Waals surface area contributed by atoms with E-state index in [2.05, 4.69) is 56.6 Å². The van der Waals surface area contributed by atoms with Crippen LogP contribution in [0.2, 0.25) is 0 Å². The van der Waals surface area contributed by atoms with Crippen LogP contribution in [0.15, 0.2) is 99.5 Å². The SMILES string of the molecule is CC1=C(c2cc3cnc(Nc4ccc(N(C)C5CCCNC5)cc4)nc3n(Cc3nccnc3S(=O)c3ccccc3)c2=O)CCC1. The summed E-state index contributed by atoms with van der Waals surface area (Å²) in [6.07, 6.45) is 10.1. The van der Waals surface area contributed by atoms with Gasteiger partial charge in [0.05, 0.1) is 12.2 Å². The van der Waals surface area contributed by atoms with E-state index in [1.807, 2.05) is 36.4 Å². The van der Waals surface area contributed by atoms with Crippen molar-refractivity contribution in [1.82, 2.24) is 29.8 Å². The van der Waals surface area contributed by atoms with Crippen LogP contribution in [0.5, 0.6) is 0 Å². The van der Waals surface area contributed by atoms with Crippen molar-refractivity contribution in [1.29, 1.82) is 0 Å². The number of piperidine rings is 1. The Morgan fingerprint density at radius 1 is 1.02 bits per heavy atom. The van der Waals surface area contributed by atoms with Gasteiger partial charge in [-0.3, -0.25) is 14.3 Å². The molecule has 0 radical (unpaired) electrons. The molecule has 1 aliphatic carbocycles. The molecule has 11 heteroatoms. The average molecular weight is 647 g/mol. The third-order valence-corrected chi connectivity index (χ3v) is 10.6. The second-order valence-corrected chi connectivity index (χ2v) is 13.6. The van der Waals surface area contributed by atoms with E-state index >= 15 is 0 Å². The van der Waals surface area contributed by atoms with E-state index in [0.717, 1.165) is 54.7 Å². The van der Waals surface area contributed by atoms with Crippen molar-refractivity contribution in [2.75, 3.05) is 30.4 Å². The number of pyridine rings is 1. The first-order chi connectivity index (χ1) is 23.0. The Morgan fingerprint density at radius 3 is 2.57 bits per heavy atom. The van der Waals surface area contributed by atoms with Gasteiger partial charge in [0.2, 0.25) is 5.95 Å². The van der Waals surface area contributed by atoms with Crippen molar-refractivity contribution in [3.05, 3.63) is 106 Å². The van der Waals surface area contributed by atoms with Gasteiger partial charge in [-0.25, -0.2) is 14.2 Å². The minimum Gasteiger partial charge on any atom is -0.370 e. The Kier molecular flexibility index (Phi) is 8.90. The Bertz CT molecular complexity index is 2020. The molecule has 0 spiro atoms. The van der Waals surface area contributed by atoms with Crippen molar-refractivity contribution in [2.45, 2.75) is 61.5 Å². The maximum atomic E-state index is 14.3. The summed E-state index contributed by atoms with van der Waals surface area (Å²) in [6, 6.07) is 19.8. The molecular weight excluding hydrogens is 609 g/mol. The molecule has 7 rings (SSSR count). The maximum Gasteiger partial charge on any atom is 0.260 e. The Labute approximate surface area is 276 Å². The van der Waals surface area contributed by atoms with Crippen LogP contribution in [0.4, 0.5) is 17.3 Å². The van der Waals surface area contributed by atoms with Crippen molar-refractivity contribution in [2.24, 2.45) is 0 Å². The summed E-state index contributed by atoms with van der Waals surface area (Å²) in [6.45, 7) is 4.22. The number of aromatic nitrogens is 5. The van der Waals surface area contributed by atoms with Gasteiger partial charge in [0.1, 0.15) is 16.4 Å². The number of fused-ring (bicyclic) bond motifs is 1. The highest BCUT2D eigenvalue weighted by Crippen LogP contribution is 2.33. The van der Waals surface area contributed by atoms with Crippen molar-refractivity contribution < 1.29 is 4.21 Å². The highest BCUT2D eigenvalue weighted by molar-refractivity contribution is 7.85. The molecule has 2 unspecified atom stereocenters. The molecule has 4 heterocycles. The van der Waals surface area contributed by atoms with Gasteiger partial charge in [0.15, 0.2) is 5.03 Å². The first-order valence-electron chi connectivity index (χ1n) is 16.1. The fraction of sp³-hybridized carbons (Fsp3) is 0.306. The zero-order valence-electron chi connectivity index (χ0n) is 26.6. The standard InChI is InChI=1S/C36H38N8O2S/c1-24-8-6-12-30(24)31-20-25-21-40-36(41-26-13-15-27(16-14-26)43(2)28-9-7-17-37-22-28)42-33(25)44(35(31)45)23-32-34(39-19-18-38-32)47(46)29-10-4-3-5-11-29/h3-5,10-11,13-16,18-21,28,37H,6-9,12,17,22-23H2,1-2H3,(H,40,41,42). The van der Waals surface area contributed by atoms with E-state index in [9.17, 15) is 9.00 Å². The van der Waals surface area contributed by atoms with Crippen LogP contribution in [-0.4, -0.2) is 54.9 Å². The molecule has 0 amide bonds. The topological polar surface area (TPSA) is 118 Å². The van der Waals surface area contributed by atoms with E-state index in [-0.39, 0.29) is 12.1 Å². The van der Waals surface area contributed by atoms with E-state index in [4.69, 9.17) is 4.98 Å². The summed E-state index contributed by atoms with van der Waals surface area (Å²) in [5.41, 5.74) is 5.71. The first-order valence-corrected chi connectivity index (χ1v) is 17.3. The highest BCUT2D eigenvalue weighted by atomic mass is 32.2. The van der Waals surface area contributed by atoms with Gasteiger partial charge >= 0.3 is 0 Å². The molecule has 2 atom stereocenters. The second-order valence-electron chi connectivity index (χ2n) is 12.2. The molecule has 1 saturated heterocycles. The number of hydrogen-bond acceptors (Lipinski definition) is 9. The average Bonchev–Trinajstić information content (AvgIpc) is 3.55. The lowest BCUT2D eigenvalue weighted by Gasteiger charge is -2.33. The monoisotopic (exact) mass is 646 g/mol. The predicted octanol–water partition coefficient (Wildman–Crippen LogP) is 5.69. The molecule has 2 aromatic carbocycles. The highest BCUT2D eigenvalue weighted by Gasteiger charge is 2.23. The zero-order valence-corrected chi connectivity index (χ0v) is 27.5. The fourth-order valence-electron chi connectivity index (χ4n) is 6.55. The largest absolute Gasteiger partial charge is 0.370 e. The number of allylic oxidation sites excluding steroid dienone is 2. The summed E-state index contributed by atoms with van der Waals surface area (Å²) in [4.78, 5) is 35.7. The zero-order chi connectivity index (χ0) is 32.3. The number of nitrogens with one attached hydrogen (secondary N) is 2. The number of nitrogens with zero attached hydrogens (tertiary/aromatic N) is 6. The van der Waals surface area contributed by atoms with E-state index in [1.165, 1.54) is 24.6 Å². The van der Waals surface area contributed by atoms with Crippen LogP contribution in [0.1, 0.15) is 50.3 Å². The van der Waals surface area contributed by atoms with Crippen LogP contribution < -0.4 is 21.1 Å². The summed E-state index contributed by atoms with van der Waals surface area (Å²) in [7, 11) is 0.566. The third kappa shape index (κ3) is 6.45. The lowest BCUT2D eigenvalue weighted by atomic mass is 10.0. The number of benzene rings is 2. The van der Waals surface area contributed by atoms with Gasteiger partial charge in [-0.2, -0.15) is 4.98 Å². The van der Waals surface area contributed by atoms with Crippen LogP contribution in [0, 0.1) is 0 Å². The van der Waals surface area contributed by atoms with Gasteiger partial charge < -0.3 is 15.5 Å². The van der Waals surface area contributed by atoms with Crippen LogP contribution in [-0.2, 0) is 17.3 Å². The van der Waals surface area contributed by atoms with E-state index < -0.39 is 10.8 Å². The lowest BCUT2D eigenvalue weighted by Crippen LogP contribution is -2.44. The number of rotatable bonds is 9. The summed E-state index contributed by atoms with van der Waals surface area (Å²) in [5.74, 6) is 0.375. The predicted molar refractivity (Wildman–Crippen MR) is 187 cm³/mol. The maximum absolute atomic E-state index is 14.3. The Morgan fingerprint density at radius 2 is 1.83 bits per heavy atom. The molecule has 1 fully saturated rings. The molecule has 2 N–H and O–H groups in total. The minimum atomic E-state index is -1.57. The number of anilines is 3. The molecule has 1 aliphatic heterocycles. The normalized spacial score (nSPS) is 17.2. The second kappa shape index (κ2) is 13.5. The lowest BCUT2D eigenvalue weighted by molar-refractivity contribution is 0.445. The molecule has 0 saturated carbocycles. The minimum absolute atomic E-state index is 0.0603. The number of likely N-dealkylation sites (N-methyl/N-ethyl adjacent to an activating group) is 1. The van der Waals surface area contributed by atoms with E-state index in [0.29, 0.717) is 38.8 Å². The molecule has 0 bridgehead atoms. The summed E-state index contributed by atoms with van der Waals surface area (Å²) >= 11 is 0. The van der Waals surface area contributed by atoms with Gasteiger partial charge in [-0.1, -0.05) is 23.8 Å². The molecule has 10 nitrogen and oxygen atoms in total. The molecular formula is C36H38N8O2S. The Balaban J connectivity index is 1.25. The van der Waals surface area contributed by atoms with Crippen LogP contribution >= 0.6 is 0 Å². The van der Waals surface area contributed by atoms with Gasteiger partial charge in [0, 0.05) is 65.4 Å². The van der Waals surface area contributed by atoms with Crippen molar-refractivity contribution in [3.8, 4) is 0 Å². The van der Waals surface area contributed by atoms with Gasteiger partial charge in [0.25, 0.3) is 5.56 Å². The quantitative estimate of drug-likeness (QED) is 0.208. The van der Waals surface area contributed by atoms with Crippen LogP contribution in [0.3, 0.4) is 0 Å². The molecule has 240 valence electrons. The Hall–Kier alpha value is -4.74. The fourth-order valence-corrected chi connectivity index (χ4v) is 7.66. The third-order valence-electron chi connectivity index (χ3n) is 9.17. The molecule has 2 aliphatic rings. The molecule has 5 aromatic rings. The van der Waals surface area contributed by atoms with E-state index in [1.54, 1.807) is 29.1 Å². The van der Waals surface area contributed by atoms with Crippen molar-refractivity contribution >= 4 is 44.7 Å². The summed E-state index contributed by atoms with van der Waals surface area (Å²) < 4.78 is 15.2. The smallest absolute Gasteiger partial charge is 0.260 e. The van der Waals surface area contributed by atoms with Gasteiger partial charge in [-0.15, -0.1) is 0 Å². The molecule has 3 aromatic heterocycles. The molecule has 47 heavy (non-hydrogen) atoms. The van der Waals surface area contributed by atoms with Gasteiger partial charge in [-0.05, 0) is 93.6 Å². The summed E-state index contributed by atoms with van der Waals surface area (Å²) in [5, 5.41) is 7.87. The van der Waals surface area contributed by atoms with Crippen LogP contribution in [0.25, 0.3) is 16.6 Å². The number of hydrogen-bond donors (Lipinski definition) is 2. The van der Waals surface area contributed by atoms with Crippen molar-refractivity contribution in [3.63, 3.8) is 0 Å².